The van der Waals surface area contributed by atoms with E-state index in [0.717, 1.165) is 49.8 Å². The number of carboxylic acid groups (broad SMARTS) is 1. The van der Waals surface area contributed by atoms with E-state index < -0.39 is 12.6 Å². The maximum Gasteiger partial charge on any atom is 0.387 e. The number of benzene rings is 1. The number of para-hydroxylation sites is 1. The summed E-state index contributed by atoms with van der Waals surface area (Å²) in [5, 5.41) is 13.5. The smallest absolute Gasteiger partial charge is 0.387 e. The van der Waals surface area contributed by atoms with Gasteiger partial charge in [0.25, 0.3) is 0 Å². The van der Waals surface area contributed by atoms with Gasteiger partial charge in [-0.15, -0.1) is 0 Å². The number of anilines is 1. The number of hydrogen-bond donors (Lipinski definition) is 1. The summed E-state index contributed by atoms with van der Waals surface area (Å²) in [6.07, 6.45) is 6.85. The monoisotopic (exact) mass is 512 g/mol. The summed E-state index contributed by atoms with van der Waals surface area (Å²) >= 11 is 0. The molecule has 2 atom stereocenters. The molecule has 1 aliphatic carbocycles. The molecule has 6 rings (SSSR count). The number of nitrogens with zero attached hydrogens (tertiary/aromatic N) is 4. The fraction of sp³-hybridized carbons (Fsp3) is 0.462. The first-order valence-corrected chi connectivity index (χ1v) is 12.5. The minimum absolute atomic E-state index is 0.0218. The summed E-state index contributed by atoms with van der Waals surface area (Å²) < 4.78 is 42.9. The van der Waals surface area contributed by atoms with E-state index >= 15 is 0 Å². The predicted molar refractivity (Wildman–Crippen MR) is 127 cm³/mol. The quantitative estimate of drug-likeness (QED) is 0.422. The lowest BCUT2D eigenvalue weighted by Crippen LogP contribution is -2.46. The highest BCUT2D eigenvalue weighted by molar-refractivity contribution is 5.85. The van der Waals surface area contributed by atoms with Crippen molar-refractivity contribution in [3.8, 4) is 17.0 Å². The molecule has 37 heavy (non-hydrogen) atoms. The lowest BCUT2D eigenvalue weighted by atomic mass is 9.99. The average molecular weight is 513 g/mol. The molecule has 2 aromatic heterocycles. The molecule has 3 aromatic rings. The summed E-state index contributed by atoms with van der Waals surface area (Å²) in [7, 11) is 0. The Hall–Kier alpha value is -3.60. The summed E-state index contributed by atoms with van der Waals surface area (Å²) in [5.74, 6) is 0.426. The van der Waals surface area contributed by atoms with Crippen LogP contribution in [0.3, 0.4) is 0 Å². The van der Waals surface area contributed by atoms with Gasteiger partial charge in [-0.3, -0.25) is 0 Å². The number of aromatic carboxylic acids is 1. The number of rotatable bonds is 9. The van der Waals surface area contributed by atoms with Gasteiger partial charge in [-0.05, 0) is 56.7 Å². The Kier molecular flexibility index (Phi) is 6.23. The second-order valence-corrected chi connectivity index (χ2v) is 9.77. The van der Waals surface area contributed by atoms with Gasteiger partial charge in [-0.1, -0.05) is 17.3 Å². The number of piperidine rings is 1. The molecule has 4 heterocycles. The maximum absolute atomic E-state index is 13.0. The number of alkyl halides is 2. The Morgan fingerprint density at radius 1 is 1.14 bits per heavy atom. The van der Waals surface area contributed by atoms with Gasteiger partial charge in [0.05, 0.1) is 12.7 Å². The molecule has 2 saturated heterocycles. The summed E-state index contributed by atoms with van der Waals surface area (Å²) in [5.41, 5.74) is 1.67. The number of halogens is 2. The summed E-state index contributed by atoms with van der Waals surface area (Å²) in [6, 6.07) is 8.27. The molecule has 11 heteroatoms. The summed E-state index contributed by atoms with van der Waals surface area (Å²) in [6.45, 7) is -2.69. The van der Waals surface area contributed by atoms with Crippen LogP contribution in [0.2, 0.25) is 0 Å². The van der Waals surface area contributed by atoms with E-state index in [1.807, 2.05) is 0 Å². The second kappa shape index (κ2) is 9.70. The first kappa shape index (κ1) is 23.8. The van der Waals surface area contributed by atoms with Crippen LogP contribution in [0, 0.1) is 0 Å². The molecule has 0 amide bonds. The molecular weight excluding hydrogens is 486 g/mol. The predicted octanol–water partition coefficient (Wildman–Crippen LogP) is 5.03. The number of aromatic nitrogens is 3. The van der Waals surface area contributed by atoms with Crippen molar-refractivity contribution in [3.63, 3.8) is 0 Å². The van der Waals surface area contributed by atoms with Crippen LogP contribution < -0.4 is 9.64 Å². The third-order valence-electron chi connectivity index (χ3n) is 7.37. The van der Waals surface area contributed by atoms with Crippen LogP contribution in [-0.2, 0) is 11.3 Å². The van der Waals surface area contributed by atoms with Gasteiger partial charge in [0.2, 0.25) is 5.95 Å². The zero-order chi connectivity index (χ0) is 25.5. The maximum atomic E-state index is 13.0. The van der Waals surface area contributed by atoms with Crippen molar-refractivity contribution in [2.75, 3.05) is 4.90 Å². The van der Waals surface area contributed by atoms with E-state index in [1.54, 1.807) is 18.2 Å². The van der Waals surface area contributed by atoms with Gasteiger partial charge < -0.3 is 24.0 Å². The Morgan fingerprint density at radius 2 is 1.89 bits per heavy atom. The van der Waals surface area contributed by atoms with Crippen LogP contribution in [0.1, 0.15) is 66.3 Å². The van der Waals surface area contributed by atoms with Crippen molar-refractivity contribution in [3.05, 3.63) is 53.5 Å². The van der Waals surface area contributed by atoms with Crippen LogP contribution in [-0.4, -0.2) is 51.0 Å². The second-order valence-electron chi connectivity index (χ2n) is 9.77. The van der Waals surface area contributed by atoms with Gasteiger partial charge in [0.1, 0.15) is 17.2 Å². The van der Waals surface area contributed by atoms with Crippen molar-refractivity contribution in [2.24, 2.45) is 0 Å². The number of hydrogen-bond acceptors (Lipinski definition) is 8. The summed E-state index contributed by atoms with van der Waals surface area (Å²) in [4.78, 5) is 22.1. The van der Waals surface area contributed by atoms with Gasteiger partial charge >= 0.3 is 12.6 Å². The van der Waals surface area contributed by atoms with Crippen LogP contribution in [0.25, 0.3) is 11.3 Å². The zero-order valence-electron chi connectivity index (χ0n) is 19.9. The number of ether oxygens (including phenoxy) is 2. The normalized spacial score (nSPS) is 23.0. The van der Waals surface area contributed by atoms with Crippen molar-refractivity contribution in [1.82, 2.24) is 15.1 Å². The molecule has 9 nitrogen and oxygen atoms in total. The van der Waals surface area contributed by atoms with E-state index in [2.05, 4.69) is 20.0 Å². The number of carbonyl (C=O) groups is 1. The minimum atomic E-state index is -2.95. The highest BCUT2D eigenvalue weighted by atomic mass is 19.3. The van der Waals surface area contributed by atoms with Crippen LogP contribution >= 0.6 is 0 Å². The van der Waals surface area contributed by atoms with Gasteiger partial charge in [-0.2, -0.15) is 8.78 Å². The first-order valence-electron chi connectivity index (χ1n) is 12.5. The highest BCUT2D eigenvalue weighted by Crippen LogP contribution is 2.46. The lowest BCUT2D eigenvalue weighted by Gasteiger charge is -2.38. The third kappa shape index (κ3) is 4.75. The standard InChI is InChI=1S/C26H26F2N4O5/c27-25(28)36-21-4-2-1-3-18(21)22-19(23(37-31-22)14-5-6-14)13-35-17-11-15-7-8-16(12-17)32(15)26-29-10-9-20(30-26)24(33)34/h1-4,9-10,14-17,25H,5-8,11-13H2,(H,33,34). The Labute approximate surface area is 211 Å². The molecule has 194 valence electrons. The number of fused-ring (bicyclic) bond motifs is 2. The molecule has 0 spiro atoms. The molecule has 2 aliphatic heterocycles. The highest BCUT2D eigenvalue weighted by Gasteiger charge is 2.43. The van der Waals surface area contributed by atoms with E-state index in [0.29, 0.717) is 17.2 Å². The lowest BCUT2D eigenvalue weighted by molar-refractivity contribution is -0.0494. The average Bonchev–Trinajstić information content (AvgIpc) is 3.59. The molecule has 1 saturated carbocycles. The van der Waals surface area contributed by atoms with Crippen molar-refractivity contribution in [2.45, 2.75) is 75.8 Å². The van der Waals surface area contributed by atoms with Crippen molar-refractivity contribution >= 4 is 11.9 Å². The van der Waals surface area contributed by atoms with Crippen LogP contribution in [0.15, 0.2) is 41.1 Å². The van der Waals surface area contributed by atoms with E-state index in [4.69, 9.17) is 14.0 Å². The van der Waals surface area contributed by atoms with Gasteiger partial charge in [0, 0.05) is 35.3 Å². The molecular formula is C26H26F2N4O5. The fourth-order valence-corrected chi connectivity index (χ4v) is 5.58. The van der Waals surface area contributed by atoms with Crippen LogP contribution in [0.5, 0.6) is 5.75 Å². The molecule has 2 bridgehead atoms. The molecule has 1 N–H and O–H groups in total. The molecule has 0 radical (unpaired) electrons. The molecule has 1 aromatic carbocycles. The van der Waals surface area contributed by atoms with Crippen molar-refractivity contribution in [1.29, 1.82) is 0 Å². The molecule has 3 aliphatic rings. The van der Waals surface area contributed by atoms with E-state index in [9.17, 15) is 18.7 Å². The Bertz CT molecular complexity index is 1280. The van der Waals surface area contributed by atoms with E-state index in [1.165, 1.54) is 18.3 Å². The minimum Gasteiger partial charge on any atom is -0.477 e. The zero-order valence-corrected chi connectivity index (χ0v) is 19.9. The van der Waals surface area contributed by atoms with Crippen molar-refractivity contribution < 1.29 is 32.7 Å². The molecule has 2 unspecified atom stereocenters. The van der Waals surface area contributed by atoms with Crippen LogP contribution in [0.4, 0.5) is 14.7 Å². The SMILES string of the molecule is O=C(O)c1ccnc(N2C3CCC2CC(OCc2c(-c4ccccc4OC(F)F)noc2C2CC2)C3)n1. The third-order valence-corrected chi connectivity index (χ3v) is 7.37. The Morgan fingerprint density at radius 3 is 2.59 bits per heavy atom. The Balaban J connectivity index is 1.20. The molecule has 3 fully saturated rings. The topological polar surface area (TPSA) is 111 Å². The van der Waals surface area contributed by atoms with Gasteiger partial charge in [0.15, 0.2) is 5.69 Å². The number of carboxylic acids is 1. The largest absolute Gasteiger partial charge is 0.477 e. The fourth-order valence-electron chi connectivity index (χ4n) is 5.58. The van der Waals surface area contributed by atoms with E-state index in [-0.39, 0.29) is 42.2 Å². The first-order chi connectivity index (χ1) is 18.0. The van der Waals surface area contributed by atoms with Gasteiger partial charge in [-0.25, -0.2) is 14.8 Å².